The molecule has 88 valence electrons. The van der Waals surface area contributed by atoms with Crippen LogP contribution in [0.4, 0.5) is 0 Å². The summed E-state index contributed by atoms with van der Waals surface area (Å²) >= 11 is 0. The van der Waals surface area contributed by atoms with Crippen molar-refractivity contribution in [1.82, 2.24) is 9.88 Å². The number of hydrogen-bond donors (Lipinski definition) is 2. The highest BCUT2D eigenvalue weighted by molar-refractivity contribution is 5.93. The number of nitrogens with two attached hydrogens (primary N) is 1. The number of amides is 1. The van der Waals surface area contributed by atoms with Crippen LogP contribution in [-0.4, -0.2) is 23.1 Å². The Bertz CT molecular complexity index is 368. The second kappa shape index (κ2) is 4.70. The first-order valence-electron chi connectivity index (χ1n) is 5.90. The number of nitrogens with one attached hydrogen (secondary N) is 1. The van der Waals surface area contributed by atoms with Crippen LogP contribution in [0.1, 0.15) is 42.7 Å². The monoisotopic (exact) mass is 221 g/mol. The first-order valence-corrected chi connectivity index (χ1v) is 5.90. The largest absolute Gasteiger partial charge is 0.347 e. The molecule has 3 N–H and O–H groups in total. The fourth-order valence-electron chi connectivity index (χ4n) is 1.93. The molecule has 0 aromatic carbocycles. The van der Waals surface area contributed by atoms with E-state index in [4.69, 9.17) is 5.73 Å². The predicted octanol–water partition coefficient (Wildman–Crippen LogP) is 1.29. The SMILES string of the molecule is CC(CN)NC(=O)c1cccn1C1CCC1. The molecular formula is C12H19N3O. The van der Waals surface area contributed by atoms with Gasteiger partial charge in [-0.15, -0.1) is 0 Å². The van der Waals surface area contributed by atoms with Crippen molar-refractivity contribution in [2.45, 2.75) is 38.3 Å². The van der Waals surface area contributed by atoms with E-state index in [0.717, 1.165) is 5.69 Å². The standard InChI is InChI=1S/C12H19N3O/c1-9(8-13)14-12(16)11-6-3-7-15(11)10-4-2-5-10/h3,6-7,9-10H,2,4-5,8,13H2,1H3,(H,14,16). The molecule has 1 amide bonds. The minimum absolute atomic E-state index is 0.0187. The Morgan fingerprint density at radius 3 is 3.00 bits per heavy atom. The molecule has 1 fully saturated rings. The fourth-order valence-corrected chi connectivity index (χ4v) is 1.93. The molecule has 0 bridgehead atoms. The minimum atomic E-state index is -0.0187. The third kappa shape index (κ3) is 2.11. The molecule has 0 spiro atoms. The summed E-state index contributed by atoms with van der Waals surface area (Å²) in [7, 11) is 0. The van der Waals surface area contributed by atoms with Gasteiger partial charge in [0.25, 0.3) is 5.91 Å². The van der Waals surface area contributed by atoms with Gasteiger partial charge in [-0.3, -0.25) is 4.79 Å². The maximum atomic E-state index is 12.0. The van der Waals surface area contributed by atoms with Gasteiger partial charge in [0.15, 0.2) is 0 Å². The lowest BCUT2D eigenvalue weighted by molar-refractivity contribution is 0.0926. The molecule has 1 aromatic heterocycles. The number of carbonyl (C=O) groups excluding carboxylic acids is 1. The van der Waals surface area contributed by atoms with Gasteiger partial charge in [0, 0.05) is 24.8 Å². The second-order valence-corrected chi connectivity index (χ2v) is 4.50. The van der Waals surface area contributed by atoms with Gasteiger partial charge in [0.1, 0.15) is 5.69 Å². The van der Waals surface area contributed by atoms with E-state index in [9.17, 15) is 4.79 Å². The van der Waals surface area contributed by atoms with Gasteiger partial charge >= 0.3 is 0 Å². The van der Waals surface area contributed by atoms with Gasteiger partial charge in [-0.25, -0.2) is 0 Å². The fraction of sp³-hybridized carbons (Fsp3) is 0.583. The van der Waals surface area contributed by atoms with E-state index in [1.54, 1.807) is 0 Å². The summed E-state index contributed by atoms with van der Waals surface area (Å²) < 4.78 is 2.09. The Labute approximate surface area is 95.8 Å². The van der Waals surface area contributed by atoms with Crippen LogP contribution in [0.5, 0.6) is 0 Å². The third-order valence-electron chi connectivity index (χ3n) is 3.21. The lowest BCUT2D eigenvalue weighted by Crippen LogP contribution is -2.39. The Balaban J connectivity index is 2.07. The van der Waals surface area contributed by atoms with E-state index in [-0.39, 0.29) is 11.9 Å². The third-order valence-corrected chi connectivity index (χ3v) is 3.21. The summed E-state index contributed by atoms with van der Waals surface area (Å²) in [5.41, 5.74) is 6.24. The predicted molar refractivity (Wildman–Crippen MR) is 63.3 cm³/mol. The number of carbonyl (C=O) groups is 1. The quantitative estimate of drug-likeness (QED) is 0.805. The van der Waals surface area contributed by atoms with Crippen molar-refractivity contribution in [1.29, 1.82) is 0 Å². The summed E-state index contributed by atoms with van der Waals surface area (Å²) in [6, 6.07) is 4.35. The Kier molecular flexibility index (Phi) is 3.29. The maximum Gasteiger partial charge on any atom is 0.268 e. The van der Waals surface area contributed by atoms with E-state index < -0.39 is 0 Å². The molecule has 1 aromatic rings. The minimum Gasteiger partial charge on any atom is -0.347 e. The van der Waals surface area contributed by atoms with E-state index in [0.29, 0.717) is 12.6 Å². The highest BCUT2D eigenvalue weighted by atomic mass is 16.2. The first kappa shape index (κ1) is 11.2. The molecule has 2 rings (SSSR count). The zero-order chi connectivity index (χ0) is 11.5. The molecule has 4 nitrogen and oxygen atoms in total. The van der Waals surface area contributed by atoms with Gasteiger partial charge < -0.3 is 15.6 Å². The van der Waals surface area contributed by atoms with Crippen molar-refractivity contribution >= 4 is 5.91 Å². The van der Waals surface area contributed by atoms with Crippen molar-refractivity contribution in [3.8, 4) is 0 Å². The summed E-state index contributed by atoms with van der Waals surface area (Å²) in [4.78, 5) is 12.0. The number of nitrogens with zero attached hydrogens (tertiary/aromatic N) is 1. The average Bonchev–Trinajstić information content (AvgIpc) is 2.63. The van der Waals surface area contributed by atoms with Crippen LogP contribution in [0.15, 0.2) is 18.3 Å². The summed E-state index contributed by atoms with van der Waals surface area (Å²) in [5.74, 6) is -0.0187. The van der Waals surface area contributed by atoms with Crippen LogP contribution in [0, 0.1) is 0 Å². The second-order valence-electron chi connectivity index (χ2n) is 4.50. The van der Waals surface area contributed by atoms with E-state index in [1.807, 2.05) is 25.3 Å². The normalized spacial score (nSPS) is 17.9. The van der Waals surface area contributed by atoms with Gasteiger partial charge in [-0.05, 0) is 38.3 Å². The molecular weight excluding hydrogens is 202 g/mol. The molecule has 0 radical (unpaired) electrons. The zero-order valence-electron chi connectivity index (χ0n) is 9.65. The van der Waals surface area contributed by atoms with Crippen LogP contribution >= 0.6 is 0 Å². The Morgan fingerprint density at radius 1 is 1.69 bits per heavy atom. The van der Waals surface area contributed by atoms with Gasteiger partial charge in [0.05, 0.1) is 0 Å². The highest BCUT2D eigenvalue weighted by Gasteiger charge is 2.23. The smallest absolute Gasteiger partial charge is 0.268 e. The lowest BCUT2D eigenvalue weighted by Gasteiger charge is -2.29. The first-order chi connectivity index (χ1) is 7.72. The average molecular weight is 221 g/mol. The zero-order valence-corrected chi connectivity index (χ0v) is 9.65. The molecule has 1 saturated carbocycles. The molecule has 16 heavy (non-hydrogen) atoms. The number of aromatic nitrogens is 1. The molecule has 1 heterocycles. The number of hydrogen-bond acceptors (Lipinski definition) is 2. The van der Waals surface area contributed by atoms with E-state index in [1.165, 1.54) is 19.3 Å². The van der Waals surface area contributed by atoms with Crippen LogP contribution in [0.2, 0.25) is 0 Å². The van der Waals surface area contributed by atoms with Gasteiger partial charge in [-0.2, -0.15) is 0 Å². The molecule has 0 aliphatic heterocycles. The van der Waals surface area contributed by atoms with Gasteiger partial charge in [0.2, 0.25) is 0 Å². The Hall–Kier alpha value is -1.29. The van der Waals surface area contributed by atoms with Crippen LogP contribution < -0.4 is 11.1 Å². The molecule has 1 aliphatic carbocycles. The summed E-state index contributed by atoms with van der Waals surface area (Å²) in [6.07, 6.45) is 5.62. The van der Waals surface area contributed by atoms with Crippen LogP contribution in [-0.2, 0) is 0 Å². The molecule has 4 heteroatoms. The van der Waals surface area contributed by atoms with Crippen molar-refractivity contribution in [3.63, 3.8) is 0 Å². The van der Waals surface area contributed by atoms with Gasteiger partial charge in [-0.1, -0.05) is 0 Å². The van der Waals surface area contributed by atoms with Crippen molar-refractivity contribution in [2.75, 3.05) is 6.54 Å². The summed E-state index contributed by atoms with van der Waals surface area (Å²) in [5, 5.41) is 2.89. The van der Waals surface area contributed by atoms with Crippen molar-refractivity contribution in [3.05, 3.63) is 24.0 Å². The van der Waals surface area contributed by atoms with Crippen LogP contribution in [0.3, 0.4) is 0 Å². The highest BCUT2D eigenvalue weighted by Crippen LogP contribution is 2.32. The summed E-state index contributed by atoms with van der Waals surface area (Å²) in [6.45, 7) is 2.38. The molecule has 1 unspecified atom stereocenters. The van der Waals surface area contributed by atoms with Crippen LogP contribution in [0.25, 0.3) is 0 Å². The van der Waals surface area contributed by atoms with E-state index in [2.05, 4.69) is 9.88 Å². The van der Waals surface area contributed by atoms with Crippen molar-refractivity contribution < 1.29 is 4.79 Å². The van der Waals surface area contributed by atoms with Crippen molar-refractivity contribution in [2.24, 2.45) is 5.73 Å². The topological polar surface area (TPSA) is 60.0 Å². The molecule has 0 saturated heterocycles. The maximum absolute atomic E-state index is 12.0. The molecule has 1 atom stereocenters. The Morgan fingerprint density at radius 2 is 2.44 bits per heavy atom. The van der Waals surface area contributed by atoms with E-state index >= 15 is 0 Å². The lowest BCUT2D eigenvalue weighted by atomic mass is 9.93. The molecule has 1 aliphatic rings. The number of rotatable bonds is 4.